The van der Waals surface area contributed by atoms with E-state index in [0.29, 0.717) is 12.0 Å². The van der Waals surface area contributed by atoms with E-state index in [-0.39, 0.29) is 5.97 Å². The summed E-state index contributed by atoms with van der Waals surface area (Å²) in [5.74, 6) is -0.366. The first-order chi connectivity index (χ1) is 6.24. The standard InChI is InChI=1S/C10H13NO2/c1-2-9(11)13-10(12)8-6-4-3-5-7-8/h3-7,9H,2,11H2,1H3. The molecule has 0 saturated carbocycles. The molecule has 0 aromatic heterocycles. The lowest BCUT2D eigenvalue weighted by Gasteiger charge is -2.10. The monoisotopic (exact) mass is 179 g/mol. The van der Waals surface area contributed by atoms with E-state index in [1.54, 1.807) is 24.3 Å². The minimum atomic E-state index is -0.507. The van der Waals surface area contributed by atoms with Crippen molar-refractivity contribution in [1.29, 1.82) is 0 Å². The van der Waals surface area contributed by atoms with Crippen molar-refractivity contribution in [3.8, 4) is 0 Å². The van der Waals surface area contributed by atoms with E-state index in [2.05, 4.69) is 0 Å². The largest absolute Gasteiger partial charge is 0.443 e. The maximum atomic E-state index is 11.3. The molecule has 0 aliphatic rings. The summed E-state index contributed by atoms with van der Waals surface area (Å²) in [5.41, 5.74) is 6.00. The number of carbonyl (C=O) groups excluding carboxylic acids is 1. The summed E-state index contributed by atoms with van der Waals surface area (Å²) in [6, 6.07) is 8.81. The van der Waals surface area contributed by atoms with Crippen LogP contribution in [0.3, 0.4) is 0 Å². The number of nitrogens with two attached hydrogens (primary N) is 1. The number of benzene rings is 1. The van der Waals surface area contributed by atoms with E-state index in [4.69, 9.17) is 10.5 Å². The Morgan fingerprint density at radius 2 is 2.08 bits per heavy atom. The Hall–Kier alpha value is -1.35. The first-order valence-corrected chi connectivity index (χ1v) is 4.25. The van der Waals surface area contributed by atoms with Gasteiger partial charge in [0.1, 0.15) is 0 Å². The summed E-state index contributed by atoms with van der Waals surface area (Å²) in [5, 5.41) is 0. The van der Waals surface area contributed by atoms with Crippen molar-refractivity contribution < 1.29 is 9.53 Å². The summed E-state index contributed by atoms with van der Waals surface area (Å²) in [6.45, 7) is 1.86. The number of esters is 1. The van der Waals surface area contributed by atoms with Gasteiger partial charge in [-0.3, -0.25) is 5.73 Å². The van der Waals surface area contributed by atoms with E-state index in [1.165, 1.54) is 0 Å². The molecule has 1 aromatic rings. The van der Waals surface area contributed by atoms with Gasteiger partial charge in [-0.05, 0) is 18.6 Å². The third-order valence-electron chi connectivity index (χ3n) is 1.67. The minimum absolute atomic E-state index is 0.366. The fourth-order valence-corrected chi connectivity index (χ4v) is 0.863. The van der Waals surface area contributed by atoms with Gasteiger partial charge in [-0.2, -0.15) is 0 Å². The topological polar surface area (TPSA) is 52.3 Å². The Labute approximate surface area is 77.5 Å². The van der Waals surface area contributed by atoms with Crippen LogP contribution in [-0.4, -0.2) is 12.2 Å². The van der Waals surface area contributed by atoms with Crippen LogP contribution in [0.1, 0.15) is 23.7 Å². The van der Waals surface area contributed by atoms with Crippen LogP contribution in [0.4, 0.5) is 0 Å². The third kappa shape index (κ3) is 2.87. The molecule has 3 nitrogen and oxygen atoms in total. The molecule has 13 heavy (non-hydrogen) atoms. The fraction of sp³-hybridized carbons (Fsp3) is 0.300. The van der Waals surface area contributed by atoms with Gasteiger partial charge in [-0.15, -0.1) is 0 Å². The van der Waals surface area contributed by atoms with E-state index in [1.807, 2.05) is 13.0 Å². The fourth-order valence-electron chi connectivity index (χ4n) is 0.863. The number of ether oxygens (including phenoxy) is 1. The molecule has 0 fully saturated rings. The Morgan fingerprint density at radius 3 is 2.62 bits per heavy atom. The van der Waals surface area contributed by atoms with Crippen molar-refractivity contribution in [2.75, 3.05) is 0 Å². The number of rotatable bonds is 3. The lowest BCUT2D eigenvalue weighted by atomic mass is 10.2. The van der Waals surface area contributed by atoms with Crippen molar-refractivity contribution in [3.05, 3.63) is 35.9 Å². The normalized spacial score (nSPS) is 12.2. The predicted molar refractivity (Wildman–Crippen MR) is 50.1 cm³/mol. The predicted octanol–water partition coefficient (Wildman–Crippen LogP) is 1.54. The second-order valence-electron chi connectivity index (χ2n) is 2.72. The lowest BCUT2D eigenvalue weighted by molar-refractivity contribution is 0.0308. The van der Waals surface area contributed by atoms with Crippen LogP contribution in [0.15, 0.2) is 30.3 Å². The smallest absolute Gasteiger partial charge is 0.339 e. The molecule has 3 heteroatoms. The van der Waals surface area contributed by atoms with Gasteiger partial charge in [0.2, 0.25) is 0 Å². The molecular weight excluding hydrogens is 166 g/mol. The van der Waals surface area contributed by atoms with Gasteiger partial charge >= 0.3 is 5.97 Å². The molecule has 0 amide bonds. The molecule has 2 N–H and O–H groups in total. The van der Waals surface area contributed by atoms with Crippen LogP contribution in [0.25, 0.3) is 0 Å². The number of hydrogen-bond acceptors (Lipinski definition) is 3. The highest BCUT2D eigenvalue weighted by Crippen LogP contribution is 2.02. The van der Waals surface area contributed by atoms with Crippen molar-refractivity contribution in [1.82, 2.24) is 0 Å². The average molecular weight is 179 g/mol. The molecule has 0 heterocycles. The maximum absolute atomic E-state index is 11.3. The Kier molecular flexibility index (Phi) is 3.46. The van der Waals surface area contributed by atoms with Crippen molar-refractivity contribution in [3.63, 3.8) is 0 Å². The molecule has 70 valence electrons. The first kappa shape index (κ1) is 9.74. The Balaban J connectivity index is 2.59. The van der Waals surface area contributed by atoms with Gasteiger partial charge in [-0.1, -0.05) is 25.1 Å². The molecular formula is C10H13NO2. The highest BCUT2D eigenvalue weighted by atomic mass is 16.6. The second-order valence-corrected chi connectivity index (χ2v) is 2.72. The van der Waals surface area contributed by atoms with E-state index < -0.39 is 6.23 Å². The van der Waals surface area contributed by atoms with Gasteiger partial charge in [0.25, 0.3) is 0 Å². The molecule has 1 atom stereocenters. The molecule has 1 unspecified atom stereocenters. The van der Waals surface area contributed by atoms with Gasteiger partial charge in [-0.25, -0.2) is 4.79 Å². The molecule has 0 radical (unpaired) electrons. The summed E-state index contributed by atoms with van der Waals surface area (Å²) in [4.78, 5) is 11.3. The van der Waals surface area contributed by atoms with Gasteiger partial charge in [0.05, 0.1) is 5.56 Å². The molecule has 0 aliphatic carbocycles. The highest BCUT2D eigenvalue weighted by Gasteiger charge is 2.09. The van der Waals surface area contributed by atoms with E-state index in [0.717, 1.165) is 0 Å². The first-order valence-electron chi connectivity index (χ1n) is 4.25. The summed E-state index contributed by atoms with van der Waals surface area (Å²) < 4.78 is 4.92. The molecule has 1 aromatic carbocycles. The summed E-state index contributed by atoms with van der Waals surface area (Å²) in [6.07, 6.45) is 0.117. The zero-order valence-electron chi connectivity index (χ0n) is 7.57. The van der Waals surface area contributed by atoms with E-state index in [9.17, 15) is 4.79 Å². The average Bonchev–Trinajstić information content (AvgIpc) is 2.19. The van der Waals surface area contributed by atoms with Gasteiger partial charge in [0.15, 0.2) is 6.23 Å². The van der Waals surface area contributed by atoms with Crippen LogP contribution in [-0.2, 0) is 4.74 Å². The lowest BCUT2D eigenvalue weighted by Crippen LogP contribution is -2.26. The van der Waals surface area contributed by atoms with Crippen molar-refractivity contribution in [2.24, 2.45) is 5.73 Å². The van der Waals surface area contributed by atoms with Crippen LogP contribution in [0, 0.1) is 0 Å². The van der Waals surface area contributed by atoms with Gasteiger partial charge < -0.3 is 4.74 Å². The zero-order valence-corrected chi connectivity index (χ0v) is 7.57. The summed E-state index contributed by atoms with van der Waals surface area (Å²) >= 11 is 0. The van der Waals surface area contributed by atoms with Crippen molar-refractivity contribution >= 4 is 5.97 Å². The second kappa shape index (κ2) is 4.62. The van der Waals surface area contributed by atoms with Crippen LogP contribution >= 0.6 is 0 Å². The van der Waals surface area contributed by atoms with Crippen molar-refractivity contribution in [2.45, 2.75) is 19.6 Å². The quantitative estimate of drug-likeness (QED) is 0.565. The molecule has 0 spiro atoms. The maximum Gasteiger partial charge on any atom is 0.339 e. The van der Waals surface area contributed by atoms with Crippen LogP contribution < -0.4 is 5.73 Å². The Morgan fingerprint density at radius 1 is 1.46 bits per heavy atom. The van der Waals surface area contributed by atoms with E-state index >= 15 is 0 Å². The molecule has 0 saturated heterocycles. The van der Waals surface area contributed by atoms with Gasteiger partial charge in [0, 0.05) is 0 Å². The minimum Gasteiger partial charge on any atom is -0.443 e. The highest BCUT2D eigenvalue weighted by molar-refractivity contribution is 5.89. The third-order valence-corrected chi connectivity index (χ3v) is 1.67. The number of hydrogen-bond donors (Lipinski definition) is 1. The molecule has 1 rings (SSSR count). The SMILES string of the molecule is CCC(N)OC(=O)c1ccccc1. The van der Waals surface area contributed by atoms with Crippen LogP contribution in [0.2, 0.25) is 0 Å². The zero-order chi connectivity index (χ0) is 9.68. The Bertz CT molecular complexity index is 272. The molecule has 0 bridgehead atoms. The summed E-state index contributed by atoms with van der Waals surface area (Å²) in [7, 11) is 0. The van der Waals surface area contributed by atoms with Crippen LogP contribution in [0.5, 0.6) is 0 Å². The number of carbonyl (C=O) groups is 1. The molecule has 0 aliphatic heterocycles.